The minimum atomic E-state index is -2.11. The summed E-state index contributed by atoms with van der Waals surface area (Å²) in [5.74, 6) is 0.932. The first kappa shape index (κ1) is 11.2. The first-order valence-electron chi connectivity index (χ1n) is 4.52. The fourth-order valence-electron chi connectivity index (χ4n) is 1.04. The third-order valence-corrected chi connectivity index (χ3v) is 2.29. The second kappa shape index (κ2) is 4.09. The van der Waals surface area contributed by atoms with E-state index in [1.165, 1.54) is 0 Å². The van der Waals surface area contributed by atoms with Gasteiger partial charge in [0.1, 0.15) is 0 Å². The molecule has 0 saturated heterocycles. The summed E-state index contributed by atoms with van der Waals surface area (Å²) < 4.78 is 15.5. The van der Waals surface area contributed by atoms with Crippen LogP contribution in [-0.2, 0) is 9.73 Å². The molecule has 3 nitrogen and oxygen atoms in total. The van der Waals surface area contributed by atoms with Gasteiger partial charge >= 0.3 is 0 Å². The van der Waals surface area contributed by atoms with Gasteiger partial charge in [-0.3, -0.25) is 0 Å². The zero-order valence-electron chi connectivity index (χ0n) is 9.02. The molecule has 0 saturated carbocycles. The van der Waals surface area contributed by atoms with Crippen LogP contribution in [-0.4, -0.2) is 21.7 Å². The van der Waals surface area contributed by atoms with Crippen LogP contribution in [0.5, 0.6) is 0 Å². The number of nitrogens with zero attached hydrogens (tertiary/aromatic N) is 2. The Kier molecular flexibility index (Phi) is 3.26. The molecule has 4 heteroatoms. The largest absolute Gasteiger partial charge is 0.250 e. The van der Waals surface area contributed by atoms with Crippen LogP contribution in [0.2, 0.25) is 0 Å². The van der Waals surface area contributed by atoms with E-state index >= 15 is 0 Å². The average molecular weight is 212 g/mol. The summed E-state index contributed by atoms with van der Waals surface area (Å²) >= 11 is 0. The third-order valence-electron chi connectivity index (χ3n) is 1.66. The Balaban J connectivity index is 3.14. The Morgan fingerprint density at radius 3 is 2.50 bits per heavy atom. The van der Waals surface area contributed by atoms with E-state index in [2.05, 4.69) is 23.2 Å². The highest BCUT2D eigenvalue weighted by Crippen LogP contribution is 2.16. The summed E-state index contributed by atoms with van der Waals surface area (Å²) in [6.07, 6.45) is 3.22. The summed E-state index contributed by atoms with van der Waals surface area (Å²) in [5, 5.41) is 0. The van der Waals surface area contributed by atoms with E-state index in [1.54, 1.807) is 18.6 Å². The summed E-state index contributed by atoms with van der Waals surface area (Å²) in [6, 6.07) is 5.63. The molecule has 0 unspecified atom stereocenters. The first-order chi connectivity index (χ1) is 6.38. The van der Waals surface area contributed by atoms with Crippen LogP contribution < -0.4 is 0 Å². The van der Waals surface area contributed by atoms with E-state index in [9.17, 15) is 4.21 Å². The Bertz CT molecular complexity index is 424. The molecule has 1 aromatic rings. The molecular weight excluding hydrogens is 196 g/mol. The van der Waals surface area contributed by atoms with Crippen LogP contribution in [0.25, 0.3) is 0 Å². The standard InChI is InChI=1S/C10H16N2OS/c1-8(2)9-6-5-7-10(11-9)12-14(3,4)13/h5-8H,1-4H3. The number of aromatic nitrogens is 1. The molecule has 0 bridgehead atoms. The van der Waals surface area contributed by atoms with Gasteiger partial charge in [-0.2, -0.15) is 4.36 Å². The minimum Gasteiger partial charge on any atom is -0.250 e. The Labute approximate surface area is 85.8 Å². The monoisotopic (exact) mass is 212 g/mol. The SMILES string of the molecule is CC(C)c1cccc(N=S(C)(C)=O)n1. The molecule has 0 fully saturated rings. The first-order valence-corrected chi connectivity index (χ1v) is 6.86. The average Bonchev–Trinajstić information content (AvgIpc) is 2.01. The van der Waals surface area contributed by atoms with Gasteiger partial charge in [-0.15, -0.1) is 0 Å². The Hall–Kier alpha value is -0.900. The highest BCUT2D eigenvalue weighted by Gasteiger charge is 2.01. The van der Waals surface area contributed by atoms with Crippen LogP contribution in [0.4, 0.5) is 5.82 Å². The predicted octanol–water partition coefficient (Wildman–Crippen LogP) is 2.56. The molecule has 0 aliphatic heterocycles. The molecule has 0 spiro atoms. The van der Waals surface area contributed by atoms with Crippen molar-refractivity contribution in [1.29, 1.82) is 0 Å². The molecule has 0 aliphatic carbocycles. The fourth-order valence-corrected chi connectivity index (χ4v) is 1.59. The molecule has 0 aliphatic rings. The lowest BCUT2D eigenvalue weighted by Crippen LogP contribution is -1.94. The summed E-state index contributed by atoms with van der Waals surface area (Å²) in [6.45, 7) is 4.14. The lowest BCUT2D eigenvalue weighted by atomic mass is 10.1. The smallest absolute Gasteiger partial charge is 0.161 e. The van der Waals surface area contributed by atoms with Crippen LogP contribution in [0, 0.1) is 0 Å². The van der Waals surface area contributed by atoms with Crippen LogP contribution in [0.1, 0.15) is 25.5 Å². The number of hydrogen-bond donors (Lipinski definition) is 0. The van der Waals surface area contributed by atoms with E-state index in [4.69, 9.17) is 0 Å². The highest BCUT2D eigenvalue weighted by molar-refractivity contribution is 7.92. The van der Waals surface area contributed by atoms with Crippen LogP contribution in [0.3, 0.4) is 0 Å². The van der Waals surface area contributed by atoms with Crippen molar-refractivity contribution in [2.45, 2.75) is 19.8 Å². The Morgan fingerprint density at radius 2 is 2.00 bits per heavy atom. The second-order valence-electron chi connectivity index (χ2n) is 3.85. The topological polar surface area (TPSA) is 42.3 Å². The molecule has 1 aromatic heterocycles. The van der Waals surface area contributed by atoms with Gasteiger partial charge in [0.25, 0.3) is 0 Å². The van der Waals surface area contributed by atoms with Crippen molar-refractivity contribution in [3.8, 4) is 0 Å². The molecule has 78 valence electrons. The predicted molar refractivity (Wildman–Crippen MR) is 60.4 cm³/mol. The van der Waals surface area contributed by atoms with Crippen LogP contribution >= 0.6 is 0 Å². The summed E-state index contributed by atoms with van der Waals surface area (Å²) in [5.41, 5.74) is 0.981. The van der Waals surface area contributed by atoms with Crippen molar-refractivity contribution in [1.82, 2.24) is 4.98 Å². The van der Waals surface area contributed by atoms with Gasteiger partial charge < -0.3 is 0 Å². The highest BCUT2D eigenvalue weighted by atomic mass is 32.2. The molecule has 1 heterocycles. The van der Waals surface area contributed by atoms with E-state index in [0.29, 0.717) is 11.7 Å². The molecule has 0 atom stereocenters. The molecular formula is C10H16N2OS. The van der Waals surface area contributed by atoms with E-state index in [0.717, 1.165) is 5.69 Å². The van der Waals surface area contributed by atoms with E-state index in [1.807, 2.05) is 12.1 Å². The van der Waals surface area contributed by atoms with E-state index in [-0.39, 0.29) is 0 Å². The van der Waals surface area contributed by atoms with Crippen molar-refractivity contribution < 1.29 is 4.21 Å². The summed E-state index contributed by atoms with van der Waals surface area (Å²) in [7, 11) is -2.11. The van der Waals surface area contributed by atoms with Gasteiger partial charge in [0.15, 0.2) is 5.82 Å². The lowest BCUT2D eigenvalue weighted by molar-refractivity contribution is 0.684. The molecule has 0 radical (unpaired) electrons. The van der Waals surface area contributed by atoms with Crippen molar-refractivity contribution in [3.63, 3.8) is 0 Å². The van der Waals surface area contributed by atoms with E-state index < -0.39 is 9.73 Å². The van der Waals surface area contributed by atoms with Gasteiger partial charge in [-0.05, 0) is 18.1 Å². The summed E-state index contributed by atoms with van der Waals surface area (Å²) in [4.78, 5) is 4.31. The zero-order chi connectivity index (χ0) is 10.8. The maximum Gasteiger partial charge on any atom is 0.161 e. The van der Waals surface area contributed by atoms with Gasteiger partial charge in [0, 0.05) is 27.9 Å². The molecule has 1 rings (SSSR count). The Morgan fingerprint density at radius 1 is 1.36 bits per heavy atom. The normalized spacial score (nSPS) is 11.8. The van der Waals surface area contributed by atoms with Gasteiger partial charge in [-0.25, -0.2) is 9.19 Å². The molecule has 0 aromatic carbocycles. The number of rotatable bonds is 2. The third kappa shape index (κ3) is 3.46. The van der Waals surface area contributed by atoms with Crippen molar-refractivity contribution >= 4 is 15.5 Å². The minimum absolute atomic E-state index is 0.370. The second-order valence-corrected chi connectivity index (χ2v) is 6.39. The molecule has 0 N–H and O–H groups in total. The van der Waals surface area contributed by atoms with Crippen LogP contribution in [0.15, 0.2) is 22.6 Å². The maximum atomic E-state index is 11.4. The van der Waals surface area contributed by atoms with Gasteiger partial charge in [-0.1, -0.05) is 19.9 Å². The maximum absolute atomic E-state index is 11.4. The number of hydrogen-bond acceptors (Lipinski definition) is 3. The quantitative estimate of drug-likeness (QED) is 0.756. The molecule has 14 heavy (non-hydrogen) atoms. The van der Waals surface area contributed by atoms with Crippen molar-refractivity contribution in [2.75, 3.05) is 12.5 Å². The lowest BCUT2D eigenvalue weighted by Gasteiger charge is -2.04. The van der Waals surface area contributed by atoms with Gasteiger partial charge in [0.2, 0.25) is 0 Å². The zero-order valence-corrected chi connectivity index (χ0v) is 9.84. The fraction of sp³-hybridized carbons (Fsp3) is 0.500. The van der Waals surface area contributed by atoms with Crippen molar-refractivity contribution in [2.24, 2.45) is 4.36 Å². The van der Waals surface area contributed by atoms with Crippen molar-refractivity contribution in [3.05, 3.63) is 23.9 Å². The molecule has 0 amide bonds. The number of pyridine rings is 1. The van der Waals surface area contributed by atoms with Gasteiger partial charge in [0.05, 0.1) is 0 Å².